The number of carbonyl (C=O) groups excluding carboxylic acids is 1. The summed E-state index contributed by atoms with van der Waals surface area (Å²) in [7, 11) is 0. The second kappa shape index (κ2) is 6.85. The smallest absolute Gasteiger partial charge is 0.238 e. The van der Waals surface area contributed by atoms with E-state index in [2.05, 4.69) is 0 Å². The first-order chi connectivity index (χ1) is 14.3. The maximum atomic E-state index is 12.8. The Balaban J connectivity index is 1.98. The van der Waals surface area contributed by atoms with E-state index in [4.69, 9.17) is 4.42 Å². The van der Waals surface area contributed by atoms with Crippen molar-refractivity contribution in [3.8, 4) is 40.1 Å². The third kappa shape index (κ3) is 2.87. The van der Waals surface area contributed by atoms with Gasteiger partial charge in [-0.3, -0.25) is 9.59 Å². The lowest BCUT2D eigenvalue weighted by atomic mass is 9.98. The maximum absolute atomic E-state index is 12.8. The molecule has 30 heavy (non-hydrogen) atoms. The summed E-state index contributed by atoms with van der Waals surface area (Å²) >= 11 is 0. The van der Waals surface area contributed by atoms with Gasteiger partial charge in [-0.1, -0.05) is 12.1 Å². The van der Waals surface area contributed by atoms with E-state index in [0.717, 1.165) is 6.07 Å². The van der Waals surface area contributed by atoms with Crippen molar-refractivity contribution >= 4 is 16.8 Å². The van der Waals surface area contributed by atoms with E-state index in [0.29, 0.717) is 0 Å². The Hall–Kier alpha value is -4.46. The molecule has 0 spiro atoms. The zero-order valence-electron chi connectivity index (χ0n) is 15.2. The molecule has 0 aliphatic heterocycles. The van der Waals surface area contributed by atoms with Gasteiger partial charge in [-0.15, -0.1) is 0 Å². The number of phenolic OH excluding ortho intramolecular Hbond substituents is 4. The number of phenols is 4. The lowest BCUT2D eigenvalue weighted by molar-refractivity contribution is 0.103. The highest BCUT2D eigenvalue weighted by Gasteiger charge is 2.27. The van der Waals surface area contributed by atoms with E-state index in [1.807, 2.05) is 0 Å². The minimum absolute atomic E-state index is 0.0380. The standard InChI is InChI=1S/C22H14O8/c23-11-7-5-10(6-8-11)22-21(29)20(28)17-15(30-22)9-14(25)16(19(17)27)18(26)12-3-1-2-4-13(12)24/h1-9,23-25,27,29H. The Morgan fingerprint density at radius 2 is 1.47 bits per heavy atom. The fraction of sp³-hybridized carbons (Fsp3) is 0. The Labute approximate surface area is 168 Å². The molecule has 1 heterocycles. The largest absolute Gasteiger partial charge is 0.508 e. The van der Waals surface area contributed by atoms with E-state index in [1.165, 1.54) is 48.5 Å². The van der Waals surface area contributed by atoms with Crippen LogP contribution < -0.4 is 5.43 Å². The molecule has 8 nitrogen and oxygen atoms in total. The molecule has 0 aliphatic carbocycles. The first-order valence-corrected chi connectivity index (χ1v) is 8.66. The third-order valence-electron chi connectivity index (χ3n) is 4.62. The van der Waals surface area contributed by atoms with E-state index in [-0.39, 0.29) is 34.0 Å². The molecule has 0 amide bonds. The molecule has 0 bridgehead atoms. The maximum Gasteiger partial charge on any atom is 0.238 e. The highest BCUT2D eigenvalue weighted by atomic mass is 16.4. The van der Waals surface area contributed by atoms with Crippen LogP contribution in [0.25, 0.3) is 22.3 Å². The second-order valence-electron chi connectivity index (χ2n) is 6.49. The molecule has 150 valence electrons. The molecule has 0 atom stereocenters. The van der Waals surface area contributed by atoms with E-state index in [9.17, 15) is 35.1 Å². The van der Waals surface area contributed by atoms with Crippen LogP contribution in [-0.2, 0) is 0 Å². The Bertz CT molecular complexity index is 1370. The number of rotatable bonds is 3. The van der Waals surface area contributed by atoms with Crippen LogP contribution in [0, 0.1) is 0 Å². The number of aromatic hydroxyl groups is 5. The third-order valence-corrected chi connectivity index (χ3v) is 4.62. The van der Waals surface area contributed by atoms with Gasteiger partial charge < -0.3 is 29.9 Å². The number of fused-ring (bicyclic) bond motifs is 1. The Morgan fingerprint density at radius 3 is 2.13 bits per heavy atom. The van der Waals surface area contributed by atoms with Crippen molar-refractivity contribution in [3.63, 3.8) is 0 Å². The van der Waals surface area contributed by atoms with Gasteiger partial charge in [0.05, 0.1) is 5.56 Å². The van der Waals surface area contributed by atoms with Crippen LogP contribution in [0.4, 0.5) is 0 Å². The molecular formula is C22H14O8. The van der Waals surface area contributed by atoms with Gasteiger partial charge in [-0.2, -0.15) is 0 Å². The van der Waals surface area contributed by atoms with Gasteiger partial charge in [0.25, 0.3) is 0 Å². The SMILES string of the molecule is O=C(c1ccccc1O)c1c(O)cc2oc(-c3ccc(O)cc3)c(O)c(=O)c2c1O. The number of benzene rings is 3. The van der Waals surface area contributed by atoms with Gasteiger partial charge in [-0.05, 0) is 36.4 Å². The topological polar surface area (TPSA) is 148 Å². The van der Waals surface area contributed by atoms with Gasteiger partial charge in [-0.25, -0.2) is 0 Å². The van der Waals surface area contributed by atoms with Crippen molar-refractivity contribution in [2.75, 3.05) is 0 Å². The van der Waals surface area contributed by atoms with Crippen molar-refractivity contribution in [2.24, 2.45) is 0 Å². The van der Waals surface area contributed by atoms with Crippen molar-refractivity contribution in [1.29, 1.82) is 0 Å². The molecule has 4 aromatic rings. The summed E-state index contributed by atoms with van der Waals surface area (Å²) in [4.78, 5) is 25.5. The highest BCUT2D eigenvalue weighted by Crippen LogP contribution is 2.40. The van der Waals surface area contributed by atoms with Gasteiger partial charge >= 0.3 is 0 Å². The second-order valence-corrected chi connectivity index (χ2v) is 6.49. The molecule has 8 heteroatoms. The van der Waals surface area contributed by atoms with Gasteiger partial charge in [0, 0.05) is 11.6 Å². The van der Waals surface area contributed by atoms with E-state index < -0.39 is 39.4 Å². The molecule has 0 unspecified atom stereocenters. The van der Waals surface area contributed by atoms with Gasteiger partial charge in [0.15, 0.2) is 5.76 Å². The van der Waals surface area contributed by atoms with Crippen LogP contribution in [0.2, 0.25) is 0 Å². The number of hydrogen-bond acceptors (Lipinski definition) is 8. The van der Waals surface area contributed by atoms with Crippen LogP contribution in [0.15, 0.2) is 63.8 Å². The fourth-order valence-corrected chi connectivity index (χ4v) is 3.14. The predicted octanol–water partition coefficient (Wildman–Crippen LogP) is 3.22. The van der Waals surface area contributed by atoms with Crippen LogP contribution in [0.3, 0.4) is 0 Å². The number of carbonyl (C=O) groups is 1. The van der Waals surface area contributed by atoms with Crippen LogP contribution in [0.1, 0.15) is 15.9 Å². The van der Waals surface area contributed by atoms with Crippen LogP contribution in [0.5, 0.6) is 28.7 Å². The molecule has 4 rings (SSSR count). The minimum Gasteiger partial charge on any atom is -0.508 e. The first-order valence-electron chi connectivity index (χ1n) is 8.66. The normalized spacial score (nSPS) is 10.9. The summed E-state index contributed by atoms with van der Waals surface area (Å²) in [6.45, 7) is 0. The zero-order chi connectivity index (χ0) is 21.6. The summed E-state index contributed by atoms with van der Waals surface area (Å²) in [6, 6.07) is 11.9. The number of para-hydroxylation sites is 1. The minimum atomic E-state index is -1.02. The van der Waals surface area contributed by atoms with E-state index in [1.54, 1.807) is 0 Å². The molecular weight excluding hydrogens is 392 g/mol. The van der Waals surface area contributed by atoms with Crippen molar-refractivity contribution < 1.29 is 34.7 Å². The molecule has 0 saturated heterocycles. The Kier molecular flexibility index (Phi) is 4.31. The summed E-state index contributed by atoms with van der Waals surface area (Å²) < 4.78 is 5.51. The van der Waals surface area contributed by atoms with Gasteiger partial charge in [0.2, 0.25) is 17.0 Å². The fourth-order valence-electron chi connectivity index (χ4n) is 3.14. The molecule has 0 saturated carbocycles. The van der Waals surface area contributed by atoms with Crippen LogP contribution >= 0.6 is 0 Å². The lowest BCUT2D eigenvalue weighted by Gasteiger charge is -2.12. The average Bonchev–Trinajstić information content (AvgIpc) is 2.71. The quantitative estimate of drug-likeness (QED) is 0.326. The van der Waals surface area contributed by atoms with Crippen molar-refractivity contribution in [1.82, 2.24) is 0 Å². The molecule has 0 fully saturated rings. The number of ketones is 1. The molecule has 0 aliphatic rings. The molecule has 0 radical (unpaired) electrons. The average molecular weight is 406 g/mol. The Morgan fingerprint density at radius 1 is 0.800 bits per heavy atom. The molecule has 1 aromatic heterocycles. The van der Waals surface area contributed by atoms with Crippen molar-refractivity contribution in [2.45, 2.75) is 0 Å². The summed E-state index contributed by atoms with van der Waals surface area (Å²) in [6.07, 6.45) is 0. The number of hydrogen-bond donors (Lipinski definition) is 5. The van der Waals surface area contributed by atoms with Crippen LogP contribution in [-0.4, -0.2) is 31.3 Å². The predicted molar refractivity (Wildman–Crippen MR) is 106 cm³/mol. The first kappa shape index (κ1) is 18.9. The summed E-state index contributed by atoms with van der Waals surface area (Å²) in [5, 5.41) is 50.1. The monoisotopic (exact) mass is 406 g/mol. The van der Waals surface area contributed by atoms with E-state index >= 15 is 0 Å². The summed E-state index contributed by atoms with van der Waals surface area (Å²) in [5.74, 6) is -3.98. The van der Waals surface area contributed by atoms with Gasteiger partial charge in [0.1, 0.15) is 39.5 Å². The summed E-state index contributed by atoms with van der Waals surface area (Å²) in [5.41, 5.74) is -1.85. The molecule has 3 aromatic carbocycles. The lowest BCUT2D eigenvalue weighted by Crippen LogP contribution is -2.08. The zero-order valence-corrected chi connectivity index (χ0v) is 15.2. The highest BCUT2D eigenvalue weighted by molar-refractivity contribution is 6.16. The van der Waals surface area contributed by atoms with Crippen molar-refractivity contribution in [3.05, 3.63) is 75.9 Å². The molecule has 5 N–H and O–H groups in total.